The van der Waals surface area contributed by atoms with E-state index in [1.54, 1.807) is 7.05 Å². The van der Waals surface area contributed by atoms with Gasteiger partial charge in [-0.3, -0.25) is 9.78 Å². The summed E-state index contributed by atoms with van der Waals surface area (Å²) in [6, 6.07) is 5.97. The molecule has 1 aromatic heterocycles. The molecule has 98 valence electrons. The van der Waals surface area contributed by atoms with E-state index in [9.17, 15) is 4.79 Å². The van der Waals surface area contributed by atoms with Crippen molar-refractivity contribution in [1.82, 2.24) is 15.6 Å². The van der Waals surface area contributed by atoms with Crippen LogP contribution in [0.5, 0.6) is 0 Å². The molecule has 1 amide bonds. The van der Waals surface area contributed by atoms with Crippen molar-refractivity contribution in [2.24, 2.45) is 0 Å². The van der Waals surface area contributed by atoms with Gasteiger partial charge in [0.25, 0.3) is 0 Å². The molecular weight excluding hydrogens is 226 g/mol. The predicted octanol–water partition coefficient (Wildman–Crippen LogP) is 1.27. The average Bonchev–Trinajstić information content (AvgIpc) is 2.89. The molecule has 0 bridgehead atoms. The third kappa shape index (κ3) is 2.88. The summed E-state index contributed by atoms with van der Waals surface area (Å²) in [4.78, 5) is 16.3. The van der Waals surface area contributed by atoms with E-state index in [0.717, 1.165) is 44.3 Å². The zero-order valence-electron chi connectivity index (χ0n) is 10.9. The topological polar surface area (TPSA) is 54.0 Å². The van der Waals surface area contributed by atoms with Crippen LogP contribution >= 0.6 is 0 Å². The van der Waals surface area contributed by atoms with Gasteiger partial charge in [-0.15, -0.1) is 0 Å². The van der Waals surface area contributed by atoms with E-state index < -0.39 is 0 Å². The summed E-state index contributed by atoms with van der Waals surface area (Å²) < 4.78 is 0. The van der Waals surface area contributed by atoms with Crippen molar-refractivity contribution in [2.75, 3.05) is 13.6 Å². The Morgan fingerprint density at radius 2 is 2.44 bits per heavy atom. The summed E-state index contributed by atoms with van der Waals surface area (Å²) in [7, 11) is 1.71. The number of hydrogen-bond donors (Lipinski definition) is 2. The van der Waals surface area contributed by atoms with Crippen LogP contribution in [0.2, 0.25) is 0 Å². The minimum absolute atomic E-state index is 0.126. The van der Waals surface area contributed by atoms with Gasteiger partial charge in [-0.25, -0.2) is 0 Å². The molecular formula is C14H21N3O. The van der Waals surface area contributed by atoms with E-state index in [2.05, 4.69) is 15.6 Å². The summed E-state index contributed by atoms with van der Waals surface area (Å²) in [6.07, 6.45) is 6.63. The summed E-state index contributed by atoms with van der Waals surface area (Å²) in [5.74, 6) is 0.126. The van der Waals surface area contributed by atoms with Crippen molar-refractivity contribution >= 4 is 5.91 Å². The molecule has 2 heterocycles. The van der Waals surface area contributed by atoms with Gasteiger partial charge in [-0.05, 0) is 50.8 Å². The standard InChI is InChI=1S/C14H21N3O/c1-15-13(18)14(9-5-11-17-14)8-4-7-12-6-2-3-10-16-12/h2-3,6,10,17H,4-5,7-9,11H2,1H3,(H,15,18)/t14-/m1/s1. The molecule has 4 nitrogen and oxygen atoms in total. The molecule has 1 saturated heterocycles. The first kappa shape index (κ1) is 13.0. The molecule has 0 radical (unpaired) electrons. The molecule has 2 rings (SSSR count). The Labute approximate surface area is 108 Å². The van der Waals surface area contributed by atoms with Crippen molar-refractivity contribution in [1.29, 1.82) is 0 Å². The van der Waals surface area contributed by atoms with Crippen LogP contribution in [0.1, 0.15) is 31.4 Å². The van der Waals surface area contributed by atoms with Gasteiger partial charge in [0.1, 0.15) is 0 Å². The van der Waals surface area contributed by atoms with Gasteiger partial charge in [0, 0.05) is 18.9 Å². The highest BCUT2D eigenvalue weighted by atomic mass is 16.2. The summed E-state index contributed by atoms with van der Waals surface area (Å²) in [5, 5.41) is 6.15. The van der Waals surface area contributed by atoms with E-state index in [-0.39, 0.29) is 11.4 Å². The molecule has 18 heavy (non-hydrogen) atoms. The Morgan fingerprint density at radius 1 is 1.56 bits per heavy atom. The molecule has 1 aliphatic heterocycles. The van der Waals surface area contributed by atoms with E-state index >= 15 is 0 Å². The highest BCUT2D eigenvalue weighted by molar-refractivity contribution is 5.86. The number of amides is 1. The number of aryl methyl sites for hydroxylation is 1. The van der Waals surface area contributed by atoms with Gasteiger partial charge in [0.15, 0.2) is 0 Å². The van der Waals surface area contributed by atoms with Gasteiger partial charge in [-0.2, -0.15) is 0 Å². The Morgan fingerprint density at radius 3 is 3.06 bits per heavy atom. The van der Waals surface area contributed by atoms with Crippen LogP contribution in [-0.2, 0) is 11.2 Å². The van der Waals surface area contributed by atoms with E-state index in [0.29, 0.717) is 0 Å². The summed E-state index contributed by atoms with van der Waals surface area (Å²) >= 11 is 0. The van der Waals surface area contributed by atoms with Crippen LogP contribution in [0.3, 0.4) is 0 Å². The summed E-state index contributed by atoms with van der Waals surface area (Å²) in [5.41, 5.74) is 0.756. The quantitative estimate of drug-likeness (QED) is 0.824. The maximum absolute atomic E-state index is 12.0. The van der Waals surface area contributed by atoms with Crippen molar-refractivity contribution in [3.8, 4) is 0 Å². The Balaban J connectivity index is 1.89. The van der Waals surface area contributed by atoms with Gasteiger partial charge in [0.05, 0.1) is 5.54 Å². The number of carbonyl (C=O) groups excluding carboxylic acids is 1. The van der Waals surface area contributed by atoms with E-state index in [1.807, 2.05) is 24.4 Å². The largest absolute Gasteiger partial charge is 0.358 e. The third-order valence-corrected chi connectivity index (χ3v) is 3.67. The normalized spacial score (nSPS) is 22.9. The number of rotatable bonds is 5. The Bertz CT molecular complexity index is 385. The molecule has 0 saturated carbocycles. The number of likely N-dealkylation sites (N-methyl/N-ethyl adjacent to an activating group) is 1. The third-order valence-electron chi connectivity index (χ3n) is 3.67. The lowest BCUT2D eigenvalue weighted by atomic mass is 9.89. The number of nitrogens with zero attached hydrogens (tertiary/aromatic N) is 1. The SMILES string of the molecule is CNC(=O)[C@@]1(CCCc2ccccn2)CCCN1. The average molecular weight is 247 g/mol. The van der Waals surface area contributed by atoms with Gasteiger partial charge >= 0.3 is 0 Å². The Hall–Kier alpha value is -1.42. The lowest BCUT2D eigenvalue weighted by Crippen LogP contribution is -2.52. The first-order valence-electron chi connectivity index (χ1n) is 6.64. The zero-order chi connectivity index (χ0) is 12.8. The second-order valence-electron chi connectivity index (χ2n) is 4.87. The van der Waals surface area contributed by atoms with Gasteiger partial charge < -0.3 is 10.6 Å². The Kier molecular flexibility index (Phi) is 4.31. The molecule has 1 aliphatic rings. The lowest BCUT2D eigenvalue weighted by molar-refractivity contribution is -0.126. The monoisotopic (exact) mass is 247 g/mol. The van der Waals surface area contributed by atoms with Crippen molar-refractivity contribution in [2.45, 2.75) is 37.6 Å². The van der Waals surface area contributed by atoms with Crippen molar-refractivity contribution in [3.05, 3.63) is 30.1 Å². The lowest BCUT2D eigenvalue weighted by Gasteiger charge is -2.27. The molecule has 2 N–H and O–H groups in total. The highest BCUT2D eigenvalue weighted by Gasteiger charge is 2.39. The molecule has 0 spiro atoms. The van der Waals surface area contributed by atoms with Gasteiger partial charge in [0.2, 0.25) is 5.91 Å². The summed E-state index contributed by atoms with van der Waals surface area (Å²) in [6.45, 7) is 0.941. The fourth-order valence-corrected chi connectivity index (χ4v) is 2.68. The maximum atomic E-state index is 12.0. The minimum atomic E-state index is -0.344. The van der Waals surface area contributed by atoms with Crippen LogP contribution in [0, 0.1) is 0 Å². The van der Waals surface area contributed by atoms with Crippen LogP contribution < -0.4 is 10.6 Å². The second kappa shape index (κ2) is 5.96. The predicted molar refractivity (Wildman–Crippen MR) is 71.2 cm³/mol. The molecule has 1 fully saturated rings. The molecule has 0 aliphatic carbocycles. The van der Waals surface area contributed by atoms with Crippen LogP contribution in [0.4, 0.5) is 0 Å². The van der Waals surface area contributed by atoms with Crippen molar-refractivity contribution < 1.29 is 4.79 Å². The van der Waals surface area contributed by atoms with Crippen LogP contribution in [-0.4, -0.2) is 30.0 Å². The second-order valence-corrected chi connectivity index (χ2v) is 4.87. The zero-order valence-corrected chi connectivity index (χ0v) is 10.9. The van der Waals surface area contributed by atoms with Gasteiger partial charge in [-0.1, -0.05) is 6.07 Å². The molecule has 0 aromatic carbocycles. The fourth-order valence-electron chi connectivity index (χ4n) is 2.68. The number of hydrogen-bond acceptors (Lipinski definition) is 3. The first-order chi connectivity index (χ1) is 8.77. The minimum Gasteiger partial charge on any atom is -0.358 e. The number of pyridine rings is 1. The maximum Gasteiger partial charge on any atom is 0.240 e. The molecule has 1 atom stereocenters. The van der Waals surface area contributed by atoms with Crippen molar-refractivity contribution in [3.63, 3.8) is 0 Å². The fraction of sp³-hybridized carbons (Fsp3) is 0.571. The van der Waals surface area contributed by atoms with E-state index in [1.165, 1.54) is 0 Å². The molecule has 4 heteroatoms. The molecule has 0 unspecified atom stereocenters. The number of carbonyl (C=O) groups is 1. The number of nitrogens with one attached hydrogen (secondary N) is 2. The number of aromatic nitrogens is 1. The van der Waals surface area contributed by atoms with Crippen LogP contribution in [0.25, 0.3) is 0 Å². The highest BCUT2D eigenvalue weighted by Crippen LogP contribution is 2.25. The molecule has 1 aromatic rings. The van der Waals surface area contributed by atoms with Crippen LogP contribution in [0.15, 0.2) is 24.4 Å². The smallest absolute Gasteiger partial charge is 0.240 e. The van der Waals surface area contributed by atoms with E-state index in [4.69, 9.17) is 0 Å². The first-order valence-corrected chi connectivity index (χ1v) is 6.64.